The third-order valence-corrected chi connectivity index (χ3v) is 9.41. The van der Waals surface area contributed by atoms with E-state index in [-0.39, 0.29) is 17.9 Å². The molecule has 4 aromatic rings. The molecule has 2 aliphatic heterocycles. The van der Waals surface area contributed by atoms with Crippen molar-refractivity contribution in [2.75, 3.05) is 14.2 Å². The van der Waals surface area contributed by atoms with Crippen LogP contribution in [0.2, 0.25) is 0 Å². The number of aliphatic hydroxyl groups excluding tert-OH is 1. The van der Waals surface area contributed by atoms with Crippen LogP contribution in [-0.2, 0) is 26.4 Å². The number of rotatable bonds is 11. The van der Waals surface area contributed by atoms with Gasteiger partial charge >= 0.3 is 5.97 Å². The standard InChI is InChI=1S/C39H43NO6/c1-27(2)37(42)45-34-23-35-36(41)25-38(24-34,40(35)26-28-11-7-5-8-12-28)46-39(29-13-9-6-10-14-29,30-15-19-32(43-3)20-16-30)31-17-21-33(44-4)22-18-31/h5-22,27,34-36,41H,23-26H2,1-4H3. The summed E-state index contributed by atoms with van der Waals surface area (Å²) in [5, 5.41) is 11.7. The monoisotopic (exact) mass is 621 g/mol. The first-order chi connectivity index (χ1) is 22.3. The number of esters is 1. The minimum Gasteiger partial charge on any atom is -0.497 e. The highest BCUT2D eigenvalue weighted by atomic mass is 16.6. The van der Waals surface area contributed by atoms with Gasteiger partial charge in [-0.15, -0.1) is 0 Å². The predicted octanol–water partition coefficient (Wildman–Crippen LogP) is 6.71. The fourth-order valence-corrected chi connectivity index (χ4v) is 7.14. The average Bonchev–Trinajstić information content (AvgIpc) is 3.23. The number of carbonyl (C=O) groups excluding carboxylic acids is 1. The highest BCUT2D eigenvalue weighted by molar-refractivity contribution is 5.71. The number of ether oxygens (including phenoxy) is 4. The summed E-state index contributed by atoms with van der Waals surface area (Å²) in [6.07, 6.45) is 0.213. The number of piperidine rings is 1. The fraction of sp³-hybridized carbons (Fsp3) is 0.359. The molecule has 7 nitrogen and oxygen atoms in total. The van der Waals surface area contributed by atoms with E-state index in [1.165, 1.54) is 0 Å². The van der Waals surface area contributed by atoms with Crippen LogP contribution in [-0.4, -0.2) is 54.2 Å². The fourth-order valence-electron chi connectivity index (χ4n) is 7.14. The van der Waals surface area contributed by atoms with Crippen LogP contribution in [0.25, 0.3) is 0 Å². The van der Waals surface area contributed by atoms with E-state index in [0.29, 0.717) is 25.8 Å². The highest BCUT2D eigenvalue weighted by Gasteiger charge is 2.61. The molecule has 2 bridgehead atoms. The number of carbonyl (C=O) groups is 1. The topological polar surface area (TPSA) is 77.5 Å². The van der Waals surface area contributed by atoms with E-state index in [2.05, 4.69) is 29.2 Å². The van der Waals surface area contributed by atoms with Gasteiger partial charge in [0.1, 0.15) is 28.9 Å². The Kier molecular flexibility index (Phi) is 9.18. The van der Waals surface area contributed by atoms with E-state index in [4.69, 9.17) is 18.9 Å². The van der Waals surface area contributed by atoms with Gasteiger partial charge in [0.05, 0.1) is 26.2 Å². The molecule has 0 saturated carbocycles. The van der Waals surface area contributed by atoms with Crippen LogP contribution in [0.4, 0.5) is 0 Å². The zero-order valence-electron chi connectivity index (χ0n) is 27.0. The third-order valence-electron chi connectivity index (χ3n) is 9.41. The van der Waals surface area contributed by atoms with Gasteiger partial charge in [0.15, 0.2) is 0 Å². The van der Waals surface area contributed by atoms with E-state index in [1.807, 2.05) is 98.8 Å². The molecule has 2 saturated heterocycles. The number of fused-ring (bicyclic) bond motifs is 2. The van der Waals surface area contributed by atoms with Crippen molar-refractivity contribution in [2.24, 2.45) is 5.92 Å². The maximum atomic E-state index is 12.9. The lowest BCUT2D eigenvalue weighted by Gasteiger charge is -2.51. The number of hydrogen-bond acceptors (Lipinski definition) is 7. The van der Waals surface area contributed by atoms with E-state index in [0.717, 1.165) is 33.8 Å². The second kappa shape index (κ2) is 13.3. The normalized spacial score (nSPS) is 22.9. The van der Waals surface area contributed by atoms with Gasteiger partial charge in [-0.05, 0) is 46.5 Å². The zero-order valence-corrected chi connectivity index (χ0v) is 27.0. The van der Waals surface area contributed by atoms with Gasteiger partial charge in [0.25, 0.3) is 0 Å². The molecule has 4 aromatic carbocycles. The van der Waals surface area contributed by atoms with Gasteiger partial charge in [-0.25, -0.2) is 0 Å². The number of aliphatic hydroxyl groups is 1. The molecule has 2 aliphatic rings. The molecule has 1 N–H and O–H groups in total. The molecule has 7 heteroatoms. The molecule has 0 radical (unpaired) electrons. The van der Waals surface area contributed by atoms with Crippen LogP contribution in [0, 0.1) is 5.92 Å². The van der Waals surface area contributed by atoms with E-state index in [9.17, 15) is 9.90 Å². The minimum absolute atomic E-state index is 0.245. The second-order valence-corrected chi connectivity index (χ2v) is 12.7. The van der Waals surface area contributed by atoms with Crippen molar-refractivity contribution in [1.29, 1.82) is 0 Å². The summed E-state index contributed by atoms with van der Waals surface area (Å²) in [5.41, 5.74) is 1.74. The lowest BCUT2D eigenvalue weighted by atomic mass is 9.79. The number of nitrogens with zero attached hydrogens (tertiary/aromatic N) is 1. The summed E-state index contributed by atoms with van der Waals surface area (Å²) in [6.45, 7) is 4.26. The first-order valence-electron chi connectivity index (χ1n) is 16.0. The van der Waals surface area contributed by atoms with Crippen molar-refractivity contribution in [3.8, 4) is 11.5 Å². The van der Waals surface area contributed by atoms with Crippen LogP contribution in [0.1, 0.15) is 55.4 Å². The second-order valence-electron chi connectivity index (χ2n) is 12.7. The lowest BCUT2D eigenvalue weighted by molar-refractivity contribution is -0.235. The van der Waals surface area contributed by atoms with Crippen LogP contribution in [0.5, 0.6) is 11.5 Å². The Morgan fingerprint density at radius 3 is 1.85 bits per heavy atom. The molecule has 6 rings (SSSR count). The van der Waals surface area contributed by atoms with Crippen molar-refractivity contribution in [1.82, 2.24) is 4.90 Å². The van der Waals surface area contributed by atoms with Gasteiger partial charge < -0.3 is 24.1 Å². The van der Waals surface area contributed by atoms with Crippen LogP contribution in [0.15, 0.2) is 109 Å². The summed E-state index contributed by atoms with van der Waals surface area (Å²) in [7, 11) is 3.31. The molecule has 2 heterocycles. The lowest BCUT2D eigenvalue weighted by Crippen LogP contribution is -2.59. The van der Waals surface area contributed by atoms with E-state index < -0.39 is 23.5 Å². The van der Waals surface area contributed by atoms with Gasteiger partial charge in [-0.2, -0.15) is 0 Å². The number of hydrogen-bond donors (Lipinski definition) is 1. The van der Waals surface area contributed by atoms with Crippen molar-refractivity contribution >= 4 is 5.97 Å². The van der Waals surface area contributed by atoms with E-state index in [1.54, 1.807) is 14.2 Å². The Morgan fingerprint density at radius 2 is 1.33 bits per heavy atom. The number of benzene rings is 4. The summed E-state index contributed by atoms with van der Waals surface area (Å²) < 4.78 is 25.0. The van der Waals surface area contributed by atoms with Crippen molar-refractivity contribution in [2.45, 2.75) is 69.2 Å². The quantitative estimate of drug-likeness (QED) is 0.147. The molecular formula is C39H43NO6. The van der Waals surface area contributed by atoms with Crippen LogP contribution >= 0.6 is 0 Å². The SMILES string of the molecule is COc1ccc(C(OC23CC(OC(=O)C(C)C)CC(C(O)C2)N3Cc2ccccc2)(c2ccccc2)c2ccc(OC)cc2)cc1. The Labute approximate surface area is 271 Å². The molecular weight excluding hydrogens is 578 g/mol. The smallest absolute Gasteiger partial charge is 0.308 e. The maximum absolute atomic E-state index is 12.9. The van der Waals surface area contributed by atoms with Gasteiger partial charge in [0, 0.05) is 31.8 Å². The predicted molar refractivity (Wildman–Crippen MR) is 176 cm³/mol. The third kappa shape index (κ3) is 6.03. The van der Waals surface area contributed by atoms with Gasteiger partial charge in [0.2, 0.25) is 0 Å². The molecule has 0 aliphatic carbocycles. The maximum Gasteiger partial charge on any atom is 0.308 e. The van der Waals surface area contributed by atoms with Crippen molar-refractivity contribution in [3.63, 3.8) is 0 Å². The molecule has 2 fully saturated rings. The number of methoxy groups -OCH3 is 2. The Balaban J connectivity index is 1.56. The van der Waals surface area contributed by atoms with Crippen LogP contribution < -0.4 is 9.47 Å². The Bertz CT molecular complexity index is 1540. The summed E-state index contributed by atoms with van der Waals surface area (Å²) >= 11 is 0. The van der Waals surface area contributed by atoms with Gasteiger partial charge in [-0.3, -0.25) is 9.69 Å². The largest absolute Gasteiger partial charge is 0.497 e. The summed E-state index contributed by atoms with van der Waals surface area (Å²) in [5.74, 6) is 0.965. The van der Waals surface area contributed by atoms with E-state index >= 15 is 0 Å². The van der Waals surface area contributed by atoms with Crippen LogP contribution in [0.3, 0.4) is 0 Å². The van der Waals surface area contributed by atoms with Gasteiger partial charge in [-0.1, -0.05) is 98.8 Å². The van der Waals surface area contributed by atoms with Crippen molar-refractivity contribution < 1.29 is 28.8 Å². The first-order valence-corrected chi connectivity index (χ1v) is 16.0. The molecule has 4 atom stereocenters. The highest BCUT2D eigenvalue weighted by Crippen LogP contribution is 2.53. The molecule has 0 amide bonds. The zero-order chi connectivity index (χ0) is 32.3. The van der Waals surface area contributed by atoms with Crippen molar-refractivity contribution in [3.05, 3.63) is 131 Å². The molecule has 0 aromatic heterocycles. The Morgan fingerprint density at radius 1 is 0.804 bits per heavy atom. The first kappa shape index (κ1) is 31.8. The summed E-state index contributed by atoms with van der Waals surface area (Å²) in [4.78, 5) is 15.2. The average molecular weight is 622 g/mol. The summed E-state index contributed by atoms with van der Waals surface area (Å²) in [6, 6.07) is 36.1. The molecule has 46 heavy (non-hydrogen) atoms. The minimum atomic E-state index is -1.12. The molecule has 240 valence electrons. The molecule has 4 unspecified atom stereocenters. The Hall–Kier alpha value is -4.17. The molecule has 0 spiro atoms.